The van der Waals surface area contributed by atoms with Crippen molar-refractivity contribution in [2.75, 3.05) is 25.0 Å². The number of benzene rings is 2. The van der Waals surface area contributed by atoms with E-state index in [0.717, 1.165) is 36.0 Å². The zero-order valence-corrected chi connectivity index (χ0v) is 17.4. The molecule has 0 spiro atoms. The fraction of sp³-hybridized carbons (Fsp3) is 0.391. The lowest BCUT2D eigenvalue weighted by molar-refractivity contribution is 0.238. The van der Waals surface area contributed by atoms with E-state index >= 15 is 0 Å². The highest BCUT2D eigenvalue weighted by atomic mass is 16.2. The number of aryl methyl sites for hydroxylation is 2. The van der Waals surface area contributed by atoms with Gasteiger partial charge in [-0.25, -0.2) is 4.79 Å². The van der Waals surface area contributed by atoms with Gasteiger partial charge in [0, 0.05) is 18.0 Å². The average molecular weight is 392 g/mol. The number of nitrogens with one attached hydrogen (secondary N) is 3. The van der Waals surface area contributed by atoms with Crippen molar-refractivity contribution >= 4 is 22.8 Å². The van der Waals surface area contributed by atoms with E-state index in [2.05, 4.69) is 76.8 Å². The number of fused-ring (bicyclic) bond motifs is 1. The van der Waals surface area contributed by atoms with E-state index < -0.39 is 0 Å². The van der Waals surface area contributed by atoms with Gasteiger partial charge in [-0.3, -0.25) is 15.3 Å². The Morgan fingerprint density at radius 1 is 1.17 bits per heavy atom. The van der Waals surface area contributed by atoms with Crippen LogP contribution in [0.15, 0.2) is 36.4 Å². The van der Waals surface area contributed by atoms with Crippen LogP contribution in [0.4, 0.5) is 10.6 Å². The number of amides is 2. The largest absolute Gasteiger partial charge is 0.336 e. The lowest BCUT2D eigenvalue weighted by Crippen LogP contribution is -2.41. The summed E-state index contributed by atoms with van der Waals surface area (Å²) >= 11 is 0. The lowest BCUT2D eigenvalue weighted by atomic mass is 10.00. The van der Waals surface area contributed by atoms with Gasteiger partial charge in [0.1, 0.15) is 0 Å². The van der Waals surface area contributed by atoms with Crippen LogP contribution in [-0.2, 0) is 0 Å². The number of carbonyl (C=O) groups is 1. The zero-order valence-electron chi connectivity index (χ0n) is 17.4. The van der Waals surface area contributed by atoms with E-state index in [1.165, 1.54) is 23.1 Å². The number of carbonyl (C=O) groups excluding carboxylic acids is 1. The summed E-state index contributed by atoms with van der Waals surface area (Å²) < 4.78 is 0. The van der Waals surface area contributed by atoms with E-state index in [4.69, 9.17) is 0 Å². The molecular formula is C23H29N5O. The normalized spacial score (nSPS) is 17.0. The molecule has 0 bridgehead atoms. The van der Waals surface area contributed by atoms with Crippen molar-refractivity contribution in [1.29, 1.82) is 0 Å². The molecular weight excluding hydrogens is 362 g/mol. The van der Waals surface area contributed by atoms with Crippen LogP contribution in [0.2, 0.25) is 0 Å². The van der Waals surface area contributed by atoms with Gasteiger partial charge in [-0.05, 0) is 74.2 Å². The molecule has 0 aliphatic carbocycles. The number of anilines is 1. The van der Waals surface area contributed by atoms with E-state index in [-0.39, 0.29) is 6.03 Å². The molecule has 3 N–H and O–H groups in total. The second-order valence-corrected chi connectivity index (χ2v) is 7.89. The summed E-state index contributed by atoms with van der Waals surface area (Å²) in [6.07, 6.45) is 2.34. The molecule has 0 radical (unpaired) electrons. The van der Waals surface area contributed by atoms with Gasteiger partial charge in [-0.15, -0.1) is 0 Å². The van der Waals surface area contributed by atoms with E-state index in [1.807, 2.05) is 6.07 Å². The van der Waals surface area contributed by atoms with Gasteiger partial charge < -0.3 is 5.32 Å². The molecule has 2 heterocycles. The minimum atomic E-state index is -0.209. The molecule has 152 valence electrons. The van der Waals surface area contributed by atoms with Crippen molar-refractivity contribution in [1.82, 2.24) is 20.4 Å². The number of rotatable bonds is 5. The molecule has 29 heavy (non-hydrogen) atoms. The molecule has 6 nitrogen and oxygen atoms in total. The molecule has 1 aliphatic heterocycles. The first kappa shape index (κ1) is 19.5. The minimum absolute atomic E-state index is 0.209. The molecule has 1 aliphatic rings. The maximum absolute atomic E-state index is 12.4. The zero-order chi connectivity index (χ0) is 20.4. The van der Waals surface area contributed by atoms with Gasteiger partial charge in [0.25, 0.3) is 0 Å². The van der Waals surface area contributed by atoms with Gasteiger partial charge >= 0.3 is 6.03 Å². The first-order chi connectivity index (χ1) is 14.0. The summed E-state index contributed by atoms with van der Waals surface area (Å²) in [6, 6.07) is 12.9. The Labute approximate surface area is 171 Å². The van der Waals surface area contributed by atoms with Gasteiger partial charge in [-0.2, -0.15) is 5.10 Å². The number of urea groups is 1. The Kier molecular flexibility index (Phi) is 5.53. The van der Waals surface area contributed by atoms with Crippen molar-refractivity contribution in [3.8, 4) is 11.1 Å². The van der Waals surface area contributed by atoms with Gasteiger partial charge in [0.15, 0.2) is 5.82 Å². The summed E-state index contributed by atoms with van der Waals surface area (Å²) in [6.45, 7) is 9.23. The third-order valence-electron chi connectivity index (χ3n) is 6.04. The number of aromatic amines is 1. The van der Waals surface area contributed by atoms with Crippen LogP contribution in [0.3, 0.4) is 0 Å². The summed E-state index contributed by atoms with van der Waals surface area (Å²) in [7, 11) is 0. The molecule has 1 aromatic heterocycles. The van der Waals surface area contributed by atoms with Crippen LogP contribution in [-0.4, -0.2) is 46.8 Å². The average Bonchev–Trinajstić information content (AvgIpc) is 3.34. The molecule has 1 fully saturated rings. The number of H-pyrrole nitrogens is 1. The Bertz CT molecular complexity index is 1030. The van der Waals surface area contributed by atoms with Gasteiger partial charge in [0.2, 0.25) is 0 Å². The SMILES string of the molecule is CCN1CCCC1CNC(=O)Nc1n[nH]c2cc(-c3ccc(C)c(C)c3)ccc12. The van der Waals surface area contributed by atoms with E-state index in [9.17, 15) is 4.79 Å². The monoisotopic (exact) mass is 391 g/mol. The van der Waals surface area contributed by atoms with Crippen LogP contribution in [0.25, 0.3) is 22.0 Å². The van der Waals surface area contributed by atoms with Crippen molar-refractivity contribution < 1.29 is 4.79 Å². The quantitative estimate of drug-likeness (QED) is 0.601. The number of likely N-dealkylation sites (tertiary alicyclic amines) is 1. The molecule has 2 aromatic carbocycles. The lowest BCUT2D eigenvalue weighted by Gasteiger charge is -2.22. The maximum Gasteiger partial charge on any atom is 0.320 e. The summed E-state index contributed by atoms with van der Waals surface area (Å²) in [5.74, 6) is 0.558. The van der Waals surface area contributed by atoms with Crippen LogP contribution < -0.4 is 10.6 Å². The van der Waals surface area contributed by atoms with E-state index in [0.29, 0.717) is 18.4 Å². The first-order valence-corrected chi connectivity index (χ1v) is 10.4. The third-order valence-corrected chi connectivity index (χ3v) is 6.04. The molecule has 0 saturated carbocycles. The van der Waals surface area contributed by atoms with Crippen LogP contribution in [0, 0.1) is 13.8 Å². The highest BCUT2D eigenvalue weighted by Gasteiger charge is 2.23. The highest BCUT2D eigenvalue weighted by molar-refractivity contribution is 6.00. The molecule has 3 aromatic rings. The fourth-order valence-electron chi connectivity index (χ4n) is 4.12. The highest BCUT2D eigenvalue weighted by Crippen LogP contribution is 2.28. The number of hydrogen-bond donors (Lipinski definition) is 3. The molecule has 1 atom stereocenters. The number of hydrogen-bond acceptors (Lipinski definition) is 3. The Morgan fingerprint density at radius 3 is 2.76 bits per heavy atom. The fourth-order valence-corrected chi connectivity index (χ4v) is 4.12. The molecule has 1 saturated heterocycles. The number of aromatic nitrogens is 2. The van der Waals surface area contributed by atoms with Crippen LogP contribution >= 0.6 is 0 Å². The second kappa shape index (κ2) is 8.25. The summed E-state index contributed by atoms with van der Waals surface area (Å²) in [4.78, 5) is 14.8. The Hall–Kier alpha value is -2.86. The van der Waals surface area contributed by atoms with Crippen molar-refractivity contribution in [2.45, 2.75) is 39.7 Å². The smallest absolute Gasteiger partial charge is 0.320 e. The second-order valence-electron chi connectivity index (χ2n) is 7.89. The van der Waals surface area contributed by atoms with E-state index in [1.54, 1.807) is 0 Å². The van der Waals surface area contributed by atoms with Gasteiger partial charge in [0.05, 0.1) is 5.52 Å². The Morgan fingerprint density at radius 2 is 1.97 bits per heavy atom. The number of nitrogens with zero attached hydrogens (tertiary/aromatic N) is 2. The molecule has 2 amide bonds. The van der Waals surface area contributed by atoms with Crippen LogP contribution in [0.1, 0.15) is 30.9 Å². The van der Waals surface area contributed by atoms with Crippen molar-refractivity contribution in [3.05, 3.63) is 47.5 Å². The Balaban J connectivity index is 1.44. The standard InChI is InChI=1S/C23H29N5O/c1-4-28-11-5-6-19(28)14-24-23(29)25-22-20-10-9-18(13-21(20)26-27-22)17-8-7-15(2)16(3)12-17/h7-10,12-13,19H,4-6,11,14H2,1-3H3,(H3,24,25,26,27,29). The predicted molar refractivity (Wildman–Crippen MR) is 118 cm³/mol. The number of likely N-dealkylation sites (N-methyl/N-ethyl adjacent to an activating group) is 1. The maximum atomic E-state index is 12.4. The topological polar surface area (TPSA) is 73.1 Å². The first-order valence-electron chi connectivity index (χ1n) is 10.4. The molecule has 4 rings (SSSR count). The summed E-state index contributed by atoms with van der Waals surface area (Å²) in [5, 5.41) is 14.1. The predicted octanol–water partition coefficient (Wildman–Crippen LogP) is 4.45. The van der Waals surface area contributed by atoms with Crippen molar-refractivity contribution in [2.24, 2.45) is 0 Å². The van der Waals surface area contributed by atoms with Crippen molar-refractivity contribution in [3.63, 3.8) is 0 Å². The third kappa shape index (κ3) is 4.12. The van der Waals surface area contributed by atoms with Gasteiger partial charge in [-0.1, -0.05) is 31.2 Å². The molecule has 1 unspecified atom stereocenters. The molecule has 6 heteroatoms. The van der Waals surface area contributed by atoms with Crippen LogP contribution in [0.5, 0.6) is 0 Å². The minimum Gasteiger partial charge on any atom is -0.336 e. The summed E-state index contributed by atoms with van der Waals surface area (Å²) in [5.41, 5.74) is 5.77.